The first-order chi connectivity index (χ1) is 8.58. The monoisotopic (exact) mass is 265 g/mol. The van der Waals surface area contributed by atoms with E-state index in [1.165, 1.54) is 0 Å². The van der Waals surface area contributed by atoms with Crippen molar-refractivity contribution in [2.75, 3.05) is 13.6 Å². The topological polar surface area (TPSA) is 53.7 Å². The lowest BCUT2D eigenvalue weighted by atomic mass is 10.0. The molecule has 0 saturated carbocycles. The Kier molecular flexibility index (Phi) is 2.57. The van der Waals surface area contributed by atoms with Crippen LogP contribution in [0.15, 0.2) is 16.5 Å². The highest BCUT2D eigenvalue weighted by atomic mass is 35.5. The van der Waals surface area contributed by atoms with Gasteiger partial charge in [0.2, 0.25) is 5.76 Å². The fourth-order valence-electron chi connectivity index (χ4n) is 2.50. The van der Waals surface area contributed by atoms with E-state index in [-0.39, 0.29) is 5.76 Å². The minimum Gasteiger partial charge on any atom is -0.475 e. The molecule has 0 atom stereocenters. The standard InChI is InChI=1S/C13H12ClNO3/c1-15-5-4-7-2-3-9(14)12-10(7)8(6-15)11(18-12)13(16)17/h2-3H,4-6H2,1H3,(H,16,17). The molecule has 0 unspecified atom stereocenters. The fourth-order valence-corrected chi connectivity index (χ4v) is 2.69. The van der Waals surface area contributed by atoms with Gasteiger partial charge in [0.1, 0.15) is 0 Å². The number of rotatable bonds is 1. The maximum atomic E-state index is 11.3. The van der Waals surface area contributed by atoms with Crippen LogP contribution in [0.5, 0.6) is 0 Å². The number of halogens is 1. The van der Waals surface area contributed by atoms with Gasteiger partial charge < -0.3 is 14.4 Å². The van der Waals surface area contributed by atoms with Crippen molar-refractivity contribution in [1.82, 2.24) is 4.90 Å². The van der Waals surface area contributed by atoms with Crippen LogP contribution in [0.25, 0.3) is 11.0 Å². The molecule has 0 saturated heterocycles. The van der Waals surface area contributed by atoms with Gasteiger partial charge in [-0.25, -0.2) is 4.79 Å². The quantitative estimate of drug-likeness (QED) is 0.861. The molecule has 0 spiro atoms. The Labute approximate surface area is 109 Å². The number of aromatic carboxylic acids is 1. The molecule has 4 nitrogen and oxygen atoms in total. The maximum Gasteiger partial charge on any atom is 0.372 e. The molecule has 18 heavy (non-hydrogen) atoms. The molecule has 0 amide bonds. The van der Waals surface area contributed by atoms with Crippen molar-refractivity contribution in [2.45, 2.75) is 13.0 Å². The van der Waals surface area contributed by atoms with Gasteiger partial charge in [-0.05, 0) is 25.1 Å². The number of hydrogen-bond donors (Lipinski definition) is 1. The summed E-state index contributed by atoms with van der Waals surface area (Å²) in [6.45, 7) is 1.46. The van der Waals surface area contributed by atoms with Gasteiger partial charge in [0.05, 0.1) is 5.02 Å². The second-order valence-corrected chi connectivity index (χ2v) is 5.02. The number of benzene rings is 1. The van der Waals surface area contributed by atoms with Crippen molar-refractivity contribution in [3.63, 3.8) is 0 Å². The van der Waals surface area contributed by atoms with Crippen LogP contribution in [-0.2, 0) is 13.0 Å². The Morgan fingerprint density at radius 3 is 3.00 bits per heavy atom. The number of hydrogen-bond acceptors (Lipinski definition) is 3. The van der Waals surface area contributed by atoms with Gasteiger partial charge in [-0.3, -0.25) is 0 Å². The Hall–Kier alpha value is -1.52. The van der Waals surface area contributed by atoms with Crippen LogP contribution in [-0.4, -0.2) is 29.6 Å². The van der Waals surface area contributed by atoms with Gasteiger partial charge >= 0.3 is 5.97 Å². The Bertz CT molecular complexity index is 647. The fraction of sp³-hybridized carbons (Fsp3) is 0.308. The van der Waals surface area contributed by atoms with E-state index in [0.717, 1.165) is 29.5 Å². The summed E-state index contributed by atoms with van der Waals surface area (Å²) in [6.07, 6.45) is 0.871. The third-order valence-electron chi connectivity index (χ3n) is 3.36. The average Bonchev–Trinajstić information content (AvgIpc) is 2.61. The minimum atomic E-state index is -1.04. The van der Waals surface area contributed by atoms with Crippen LogP contribution in [0.4, 0.5) is 0 Å². The summed E-state index contributed by atoms with van der Waals surface area (Å²) in [5.74, 6) is -1.04. The normalized spacial score (nSPS) is 15.9. The average molecular weight is 266 g/mol. The second kappa shape index (κ2) is 4.00. The maximum absolute atomic E-state index is 11.3. The van der Waals surface area contributed by atoms with E-state index in [1.54, 1.807) is 6.07 Å². The third kappa shape index (κ3) is 1.61. The molecular weight excluding hydrogens is 254 g/mol. The molecule has 1 aromatic heterocycles. The summed E-state index contributed by atoms with van der Waals surface area (Å²) in [5, 5.41) is 10.6. The predicted molar refractivity (Wildman–Crippen MR) is 68.2 cm³/mol. The number of nitrogens with zero attached hydrogens (tertiary/aromatic N) is 1. The summed E-state index contributed by atoms with van der Waals surface area (Å²) < 4.78 is 5.45. The highest BCUT2D eigenvalue weighted by Crippen LogP contribution is 2.36. The van der Waals surface area contributed by atoms with Crippen molar-refractivity contribution in [3.05, 3.63) is 34.0 Å². The van der Waals surface area contributed by atoms with Crippen LogP contribution in [0.3, 0.4) is 0 Å². The number of carboxylic acid groups (broad SMARTS) is 1. The van der Waals surface area contributed by atoms with Crippen molar-refractivity contribution in [1.29, 1.82) is 0 Å². The lowest BCUT2D eigenvalue weighted by molar-refractivity contribution is 0.0662. The highest BCUT2D eigenvalue weighted by molar-refractivity contribution is 6.35. The van der Waals surface area contributed by atoms with Gasteiger partial charge in [-0.1, -0.05) is 17.7 Å². The summed E-state index contributed by atoms with van der Waals surface area (Å²) in [7, 11) is 1.97. The van der Waals surface area contributed by atoms with E-state index in [1.807, 2.05) is 13.1 Å². The molecule has 1 aliphatic heterocycles. The molecule has 1 N–H and O–H groups in total. The first-order valence-electron chi connectivity index (χ1n) is 5.72. The summed E-state index contributed by atoms with van der Waals surface area (Å²) in [5.41, 5.74) is 2.33. The molecule has 2 heterocycles. The molecule has 3 rings (SSSR count). The van der Waals surface area contributed by atoms with Crippen LogP contribution in [0.2, 0.25) is 5.02 Å². The summed E-state index contributed by atoms with van der Waals surface area (Å²) >= 11 is 6.09. The Morgan fingerprint density at radius 2 is 2.28 bits per heavy atom. The molecule has 2 aromatic rings. The summed E-state index contributed by atoms with van der Waals surface area (Å²) in [4.78, 5) is 13.3. The van der Waals surface area contributed by atoms with Crippen LogP contribution >= 0.6 is 11.6 Å². The third-order valence-corrected chi connectivity index (χ3v) is 3.66. The second-order valence-electron chi connectivity index (χ2n) is 4.61. The lowest BCUT2D eigenvalue weighted by Crippen LogP contribution is -2.19. The Balaban J connectivity index is 2.39. The van der Waals surface area contributed by atoms with E-state index < -0.39 is 5.97 Å². The zero-order chi connectivity index (χ0) is 12.9. The molecule has 5 heteroatoms. The molecule has 0 aliphatic carbocycles. The zero-order valence-electron chi connectivity index (χ0n) is 9.86. The number of likely N-dealkylation sites (N-methyl/N-ethyl adjacent to an activating group) is 1. The lowest BCUT2D eigenvalue weighted by Gasteiger charge is -2.12. The molecule has 0 fully saturated rings. The number of carboxylic acids is 1. The van der Waals surface area contributed by atoms with Gasteiger partial charge in [0.25, 0.3) is 0 Å². The van der Waals surface area contributed by atoms with E-state index in [9.17, 15) is 9.90 Å². The van der Waals surface area contributed by atoms with Gasteiger partial charge in [0.15, 0.2) is 5.58 Å². The first kappa shape index (κ1) is 11.6. The van der Waals surface area contributed by atoms with E-state index in [4.69, 9.17) is 16.0 Å². The molecular formula is C13H12ClNO3. The van der Waals surface area contributed by atoms with E-state index in [0.29, 0.717) is 17.2 Å². The number of furan rings is 1. The molecule has 94 valence electrons. The van der Waals surface area contributed by atoms with Gasteiger partial charge in [-0.2, -0.15) is 0 Å². The van der Waals surface area contributed by atoms with Gasteiger partial charge in [-0.15, -0.1) is 0 Å². The molecule has 0 bridgehead atoms. The highest BCUT2D eigenvalue weighted by Gasteiger charge is 2.26. The smallest absolute Gasteiger partial charge is 0.372 e. The van der Waals surface area contributed by atoms with Crippen LogP contribution < -0.4 is 0 Å². The summed E-state index contributed by atoms with van der Waals surface area (Å²) in [6, 6.07) is 3.72. The van der Waals surface area contributed by atoms with Crippen molar-refractivity contribution < 1.29 is 14.3 Å². The molecule has 0 radical (unpaired) electrons. The van der Waals surface area contributed by atoms with E-state index in [2.05, 4.69) is 4.90 Å². The number of carbonyl (C=O) groups is 1. The van der Waals surface area contributed by atoms with E-state index >= 15 is 0 Å². The zero-order valence-corrected chi connectivity index (χ0v) is 10.6. The first-order valence-corrected chi connectivity index (χ1v) is 6.10. The van der Waals surface area contributed by atoms with Crippen molar-refractivity contribution in [2.24, 2.45) is 0 Å². The minimum absolute atomic E-state index is 0.00750. The SMILES string of the molecule is CN1CCc2ccc(Cl)c3oc(C(=O)O)c(c23)C1. The predicted octanol–water partition coefficient (Wildman–Crippen LogP) is 2.77. The van der Waals surface area contributed by atoms with Crippen molar-refractivity contribution in [3.8, 4) is 0 Å². The van der Waals surface area contributed by atoms with Crippen LogP contribution in [0.1, 0.15) is 21.7 Å². The molecule has 1 aliphatic rings. The van der Waals surface area contributed by atoms with Gasteiger partial charge in [0, 0.05) is 24.0 Å². The van der Waals surface area contributed by atoms with Crippen molar-refractivity contribution >= 4 is 28.5 Å². The van der Waals surface area contributed by atoms with Crippen LogP contribution in [0, 0.1) is 0 Å². The molecule has 1 aromatic carbocycles. The largest absolute Gasteiger partial charge is 0.475 e. The Morgan fingerprint density at radius 1 is 1.50 bits per heavy atom.